The summed E-state index contributed by atoms with van der Waals surface area (Å²) in [5, 5.41) is 0.663. The van der Waals surface area contributed by atoms with Crippen LogP contribution in [0.2, 0.25) is 5.02 Å². The summed E-state index contributed by atoms with van der Waals surface area (Å²) in [5.74, 6) is -0.335. The Morgan fingerprint density at radius 3 is 2.70 bits per heavy atom. The number of hydrogen-bond acceptors (Lipinski definition) is 3. The highest BCUT2D eigenvalue weighted by atomic mass is 35.5. The normalized spacial score (nSPS) is 10.4. The molecule has 0 fully saturated rings. The first-order chi connectivity index (χ1) is 9.52. The molecule has 20 heavy (non-hydrogen) atoms. The molecule has 0 aliphatic carbocycles. The minimum atomic E-state index is -0.335. The van der Waals surface area contributed by atoms with Crippen LogP contribution in [0, 0.1) is 13.8 Å². The monoisotopic (exact) mass is 289 g/mol. The highest BCUT2D eigenvalue weighted by Crippen LogP contribution is 2.26. The number of nitrogens with zero attached hydrogens (tertiary/aromatic N) is 1. The van der Waals surface area contributed by atoms with Gasteiger partial charge in [-0.2, -0.15) is 0 Å². The summed E-state index contributed by atoms with van der Waals surface area (Å²) >= 11 is 6.01. The van der Waals surface area contributed by atoms with Crippen LogP contribution in [-0.2, 0) is 4.74 Å². The predicted molar refractivity (Wildman–Crippen MR) is 80.1 cm³/mol. The van der Waals surface area contributed by atoms with Gasteiger partial charge in [-0.1, -0.05) is 23.7 Å². The van der Waals surface area contributed by atoms with E-state index in [0.29, 0.717) is 22.9 Å². The standard InChI is InChI=1S/C16H16ClNO2/c1-4-20-16(19)14-8-10(2)15(18-11(14)3)12-6-5-7-13(17)9-12/h5-9H,4H2,1-3H3. The van der Waals surface area contributed by atoms with Gasteiger partial charge in [0.05, 0.1) is 23.6 Å². The first-order valence-electron chi connectivity index (χ1n) is 6.44. The van der Waals surface area contributed by atoms with Crippen LogP contribution in [0.5, 0.6) is 0 Å². The molecule has 1 aromatic carbocycles. The minimum absolute atomic E-state index is 0.335. The van der Waals surface area contributed by atoms with Gasteiger partial charge in [-0.25, -0.2) is 4.79 Å². The lowest BCUT2D eigenvalue weighted by atomic mass is 10.0. The molecule has 0 bridgehead atoms. The Morgan fingerprint density at radius 1 is 1.30 bits per heavy atom. The van der Waals surface area contributed by atoms with Gasteiger partial charge >= 0.3 is 5.97 Å². The number of pyridine rings is 1. The van der Waals surface area contributed by atoms with Gasteiger partial charge in [0, 0.05) is 10.6 Å². The maximum atomic E-state index is 11.8. The van der Waals surface area contributed by atoms with Gasteiger partial charge in [0.25, 0.3) is 0 Å². The minimum Gasteiger partial charge on any atom is -0.462 e. The third kappa shape index (κ3) is 2.99. The molecule has 0 aliphatic rings. The Labute approximate surface area is 123 Å². The van der Waals surface area contributed by atoms with Crippen LogP contribution < -0.4 is 0 Å². The molecular formula is C16H16ClNO2. The van der Waals surface area contributed by atoms with Crippen LogP contribution in [0.15, 0.2) is 30.3 Å². The van der Waals surface area contributed by atoms with Gasteiger partial charge in [0.1, 0.15) is 0 Å². The van der Waals surface area contributed by atoms with Crippen molar-refractivity contribution in [3.8, 4) is 11.3 Å². The molecule has 0 N–H and O–H groups in total. The summed E-state index contributed by atoms with van der Waals surface area (Å²) in [4.78, 5) is 16.4. The Hall–Kier alpha value is -1.87. The van der Waals surface area contributed by atoms with E-state index in [1.165, 1.54) is 0 Å². The molecule has 0 spiro atoms. The number of ether oxygens (including phenoxy) is 1. The second-order valence-corrected chi connectivity index (χ2v) is 4.95. The molecule has 0 atom stereocenters. The zero-order valence-corrected chi connectivity index (χ0v) is 12.5. The topological polar surface area (TPSA) is 39.2 Å². The van der Waals surface area contributed by atoms with Gasteiger partial charge < -0.3 is 4.74 Å². The van der Waals surface area contributed by atoms with Gasteiger partial charge in [0.15, 0.2) is 0 Å². The molecule has 0 radical (unpaired) electrons. The number of carbonyl (C=O) groups excluding carboxylic acids is 1. The van der Waals surface area contributed by atoms with E-state index in [1.54, 1.807) is 13.8 Å². The fourth-order valence-corrected chi connectivity index (χ4v) is 2.24. The van der Waals surface area contributed by atoms with E-state index in [1.807, 2.05) is 37.3 Å². The summed E-state index contributed by atoms with van der Waals surface area (Å²) in [7, 11) is 0. The van der Waals surface area contributed by atoms with Crippen LogP contribution in [0.4, 0.5) is 0 Å². The van der Waals surface area contributed by atoms with E-state index >= 15 is 0 Å². The van der Waals surface area contributed by atoms with Crippen molar-refractivity contribution >= 4 is 17.6 Å². The highest BCUT2D eigenvalue weighted by molar-refractivity contribution is 6.30. The molecular weight excluding hydrogens is 274 g/mol. The third-order valence-corrected chi connectivity index (χ3v) is 3.23. The summed E-state index contributed by atoms with van der Waals surface area (Å²) in [5.41, 5.74) is 3.85. The molecule has 0 saturated heterocycles. The van der Waals surface area contributed by atoms with Gasteiger partial charge in [-0.15, -0.1) is 0 Å². The van der Waals surface area contributed by atoms with Crippen molar-refractivity contribution in [2.24, 2.45) is 0 Å². The molecule has 0 saturated carbocycles. The van der Waals surface area contributed by atoms with E-state index in [4.69, 9.17) is 16.3 Å². The SMILES string of the molecule is CCOC(=O)c1cc(C)c(-c2cccc(Cl)c2)nc1C. The van der Waals surface area contributed by atoms with E-state index in [0.717, 1.165) is 16.8 Å². The number of aryl methyl sites for hydroxylation is 2. The lowest BCUT2D eigenvalue weighted by molar-refractivity contribution is 0.0525. The summed E-state index contributed by atoms with van der Waals surface area (Å²) in [6.07, 6.45) is 0. The number of carbonyl (C=O) groups is 1. The molecule has 1 heterocycles. The average Bonchev–Trinajstić information content (AvgIpc) is 2.41. The molecule has 0 amide bonds. The van der Waals surface area contributed by atoms with Crippen LogP contribution in [0.1, 0.15) is 28.5 Å². The molecule has 2 rings (SSSR count). The maximum Gasteiger partial charge on any atom is 0.339 e. The molecule has 1 aromatic heterocycles. The first-order valence-corrected chi connectivity index (χ1v) is 6.82. The van der Waals surface area contributed by atoms with Crippen molar-refractivity contribution < 1.29 is 9.53 Å². The Bertz CT molecular complexity index is 653. The zero-order valence-electron chi connectivity index (χ0n) is 11.7. The second-order valence-electron chi connectivity index (χ2n) is 4.52. The third-order valence-electron chi connectivity index (χ3n) is 3.00. The number of aromatic nitrogens is 1. The van der Waals surface area contributed by atoms with Crippen molar-refractivity contribution in [3.63, 3.8) is 0 Å². The van der Waals surface area contributed by atoms with Crippen molar-refractivity contribution in [2.75, 3.05) is 6.61 Å². The summed E-state index contributed by atoms with van der Waals surface area (Å²) < 4.78 is 5.03. The fraction of sp³-hybridized carbons (Fsp3) is 0.250. The summed E-state index contributed by atoms with van der Waals surface area (Å²) in [6, 6.07) is 9.33. The zero-order chi connectivity index (χ0) is 14.7. The smallest absolute Gasteiger partial charge is 0.339 e. The van der Waals surface area contributed by atoms with Gasteiger partial charge in [-0.05, 0) is 44.5 Å². The Balaban J connectivity index is 2.48. The van der Waals surface area contributed by atoms with Crippen LogP contribution in [0.3, 0.4) is 0 Å². The fourth-order valence-electron chi connectivity index (χ4n) is 2.05. The van der Waals surface area contributed by atoms with E-state index in [-0.39, 0.29) is 5.97 Å². The number of esters is 1. The highest BCUT2D eigenvalue weighted by Gasteiger charge is 2.15. The van der Waals surface area contributed by atoms with Crippen molar-refractivity contribution in [2.45, 2.75) is 20.8 Å². The van der Waals surface area contributed by atoms with Crippen LogP contribution in [-0.4, -0.2) is 17.6 Å². The first kappa shape index (κ1) is 14.5. The molecule has 4 heteroatoms. The number of benzene rings is 1. The van der Waals surface area contributed by atoms with E-state index in [2.05, 4.69) is 4.98 Å². The Morgan fingerprint density at radius 2 is 2.05 bits per heavy atom. The van der Waals surface area contributed by atoms with Crippen molar-refractivity contribution in [1.29, 1.82) is 0 Å². The summed E-state index contributed by atoms with van der Waals surface area (Å²) in [6.45, 7) is 5.87. The number of rotatable bonds is 3. The second kappa shape index (κ2) is 6.06. The molecule has 0 unspecified atom stereocenters. The lowest BCUT2D eigenvalue weighted by Gasteiger charge is -2.11. The quantitative estimate of drug-likeness (QED) is 0.795. The van der Waals surface area contributed by atoms with E-state index < -0.39 is 0 Å². The van der Waals surface area contributed by atoms with Gasteiger partial charge in [0.2, 0.25) is 0 Å². The van der Waals surface area contributed by atoms with Crippen LogP contribution in [0.25, 0.3) is 11.3 Å². The molecule has 2 aromatic rings. The number of halogens is 1. The Kier molecular flexibility index (Phi) is 4.40. The molecule has 104 valence electrons. The predicted octanol–water partition coefficient (Wildman–Crippen LogP) is 4.20. The van der Waals surface area contributed by atoms with Crippen molar-refractivity contribution in [1.82, 2.24) is 4.98 Å². The maximum absolute atomic E-state index is 11.8. The largest absolute Gasteiger partial charge is 0.462 e. The molecule has 0 aliphatic heterocycles. The number of hydrogen-bond donors (Lipinski definition) is 0. The molecule has 3 nitrogen and oxygen atoms in total. The van der Waals surface area contributed by atoms with E-state index in [9.17, 15) is 4.79 Å². The van der Waals surface area contributed by atoms with Crippen molar-refractivity contribution in [3.05, 3.63) is 52.2 Å². The average molecular weight is 290 g/mol. The lowest BCUT2D eigenvalue weighted by Crippen LogP contribution is -2.09. The van der Waals surface area contributed by atoms with Crippen LogP contribution >= 0.6 is 11.6 Å². The van der Waals surface area contributed by atoms with Gasteiger partial charge in [-0.3, -0.25) is 4.98 Å².